The molecule has 21 heavy (non-hydrogen) atoms. The number of rotatable bonds is 4. The van der Waals surface area contributed by atoms with Crippen molar-refractivity contribution in [1.82, 2.24) is 15.1 Å². The van der Waals surface area contributed by atoms with Gasteiger partial charge < -0.3 is 10.6 Å². The third-order valence-electron chi connectivity index (χ3n) is 3.53. The molecule has 0 bridgehead atoms. The van der Waals surface area contributed by atoms with Crippen molar-refractivity contribution < 1.29 is 0 Å². The number of aromatic nitrogens is 2. The third kappa shape index (κ3) is 3.82. The topological polar surface area (TPSA) is 41.9 Å². The van der Waals surface area contributed by atoms with E-state index in [-0.39, 0.29) is 6.04 Å². The average Bonchev–Trinajstić information content (AvgIpc) is 2.79. The van der Waals surface area contributed by atoms with Gasteiger partial charge in [-0.05, 0) is 57.6 Å². The van der Waals surface area contributed by atoms with Gasteiger partial charge in [0.25, 0.3) is 0 Å². The predicted molar refractivity (Wildman–Crippen MR) is 91.6 cm³/mol. The smallest absolute Gasteiger partial charge is 0.171 e. The van der Waals surface area contributed by atoms with Crippen LogP contribution < -0.4 is 10.6 Å². The minimum absolute atomic E-state index is 0.120. The normalized spacial score (nSPS) is 12.0. The van der Waals surface area contributed by atoms with Gasteiger partial charge in [0, 0.05) is 23.5 Å². The second kappa shape index (κ2) is 6.72. The molecule has 5 heteroatoms. The van der Waals surface area contributed by atoms with Gasteiger partial charge in [-0.3, -0.25) is 4.68 Å². The zero-order chi connectivity index (χ0) is 15.4. The summed E-state index contributed by atoms with van der Waals surface area (Å²) in [5, 5.41) is 11.5. The molecule has 112 valence electrons. The van der Waals surface area contributed by atoms with Gasteiger partial charge in [0.05, 0.1) is 12.2 Å². The fourth-order valence-corrected chi connectivity index (χ4v) is 2.66. The minimum Gasteiger partial charge on any atom is -0.356 e. The van der Waals surface area contributed by atoms with Gasteiger partial charge in [-0.2, -0.15) is 5.10 Å². The van der Waals surface area contributed by atoms with Crippen molar-refractivity contribution in [2.45, 2.75) is 40.3 Å². The molecule has 0 saturated carbocycles. The second-order valence-electron chi connectivity index (χ2n) is 5.19. The second-order valence-corrected chi connectivity index (χ2v) is 5.60. The minimum atomic E-state index is 0.120. The lowest BCUT2D eigenvalue weighted by atomic mass is 10.1. The number of benzene rings is 1. The number of aryl methyl sites for hydroxylation is 2. The number of thiocarbonyl (C=S) groups is 1. The Morgan fingerprint density at radius 2 is 2.14 bits per heavy atom. The molecule has 0 aliphatic rings. The number of hydrogen-bond donors (Lipinski definition) is 2. The Hall–Kier alpha value is -1.88. The fraction of sp³-hybridized carbons (Fsp3) is 0.375. The Kier molecular flexibility index (Phi) is 4.96. The maximum atomic E-state index is 5.38. The summed E-state index contributed by atoms with van der Waals surface area (Å²) in [6.07, 6.45) is 1.91. The fourth-order valence-electron chi connectivity index (χ4n) is 2.37. The van der Waals surface area contributed by atoms with Crippen molar-refractivity contribution in [3.63, 3.8) is 0 Å². The van der Waals surface area contributed by atoms with Gasteiger partial charge in [-0.25, -0.2) is 0 Å². The van der Waals surface area contributed by atoms with Crippen LogP contribution in [0, 0.1) is 13.8 Å². The zero-order valence-electron chi connectivity index (χ0n) is 13.0. The molecule has 1 atom stereocenters. The summed E-state index contributed by atoms with van der Waals surface area (Å²) in [6.45, 7) is 9.21. The van der Waals surface area contributed by atoms with E-state index in [9.17, 15) is 0 Å². The molecule has 2 N–H and O–H groups in total. The van der Waals surface area contributed by atoms with E-state index in [1.165, 1.54) is 16.8 Å². The van der Waals surface area contributed by atoms with E-state index in [1.54, 1.807) is 0 Å². The van der Waals surface area contributed by atoms with Crippen LogP contribution in [0.4, 0.5) is 5.69 Å². The Labute approximate surface area is 131 Å². The summed E-state index contributed by atoms with van der Waals surface area (Å²) >= 11 is 5.38. The van der Waals surface area contributed by atoms with Gasteiger partial charge >= 0.3 is 0 Å². The highest BCUT2D eigenvalue weighted by molar-refractivity contribution is 7.80. The van der Waals surface area contributed by atoms with Crippen LogP contribution in [0.15, 0.2) is 30.5 Å². The molecule has 2 aromatic rings. The summed E-state index contributed by atoms with van der Waals surface area (Å²) < 4.78 is 1.99. The summed E-state index contributed by atoms with van der Waals surface area (Å²) in [5.41, 5.74) is 4.55. The van der Waals surface area contributed by atoms with E-state index in [0.29, 0.717) is 5.11 Å². The van der Waals surface area contributed by atoms with Gasteiger partial charge in [0.15, 0.2) is 5.11 Å². The quantitative estimate of drug-likeness (QED) is 0.847. The number of hydrogen-bond acceptors (Lipinski definition) is 2. The van der Waals surface area contributed by atoms with Crippen molar-refractivity contribution >= 4 is 23.0 Å². The maximum absolute atomic E-state index is 5.38. The predicted octanol–water partition coefficient (Wildman–Crippen LogP) is 3.57. The molecule has 1 unspecified atom stereocenters. The molecule has 0 fully saturated rings. The summed E-state index contributed by atoms with van der Waals surface area (Å²) in [7, 11) is 0. The molecule has 0 radical (unpaired) electrons. The molecular weight excluding hydrogens is 280 g/mol. The van der Waals surface area contributed by atoms with Crippen molar-refractivity contribution in [2.75, 3.05) is 5.32 Å². The molecule has 1 aromatic heterocycles. The third-order valence-corrected chi connectivity index (χ3v) is 3.75. The lowest BCUT2D eigenvalue weighted by molar-refractivity contribution is 0.633. The monoisotopic (exact) mass is 302 g/mol. The molecule has 1 heterocycles. The molecule has 0 aliphatic heterocycles. The largest absolute Gasteiger partial charge is 0.356 e. The summed E-state index contributed by atoms with van der Waals surface area (Å²) in [6, 6.07) is 8.27. The van der Waals surface area contributed by atoms with Crippen LogP contribution in [0.1, 0.15) is 36.7 Å². The van der Waals surface area contributed by atoms with Crippen molar-refractivity contribution in [3.8, 4) is 0 Å². The molecule has 4 nitrogen and oxygen atoms in total. The first kappa shape index (κ1) is 15.5. The lowest BCUT2D eigenvalue weighted by Gasteiger charge is -2.17. The van der Waals surface area contributed by atoms with Crippen LogP contribution in [0.5, 0.6) is 0 Å². The number of nitrogens with one attached hydrogen (secondary N) is 2. The first-order valence-corrected chi connectivity index (χ1v) is 7.58. The maximum Gasteiger partial charge on any atom is 0.171 e. The molecule has 1 aromatic carbocycles. The first-order valence-electron chi connectivity index (χ1n) is 7.17. The highest BCUT2D eigenvalue weighted by Crippen LogP contribution is 2.17. The number of anilines is 1. The van der Waals surface area contributed by atoms with Crippen molar-refractivity contribution in [2.24, 2.45) is 0 Å². The van der Waals surface area contributed by atoms with E-state index < -0.39 is 0 Å². The molecular formula is C16H22N4S. The molecule has 0 amide bonds. The van der Waals surface area contributed by atoms with Gasteiger partial charge in [0.1, 0.15) is 0 Å². The Balaban J connectivity index is 2.00. The van der Waals surface area contributed by atoms with Crippen LogP contribution in [-0.4, -0.2) is 14.9 Å². The van der Waals surface area contributed by atoms with Crippen LogP contribution in [0.3, 0.4) is 0 Å². The van der Waals surface area contributed by atoms with E-state index in [2.05, 4.69) is 55.6 Å². The van der Waals surface area contributed by atoms with Gasteiger partial charge in [-0.1, -0.05) is 12.1 Å². The van der Waals surface area contributed by atoms with E-state index >= 15 is 0 Å². The SMILES string of the molecule is CCn1ncc(C(C)NC(=S)Nc2cccc(C)c2)c1C. The molecule has 0 aliphatic carbocycles. The first-order chi connectivity index (χ1) is 10.0. The standard InChI is InChI=1S/C16H22N4S/c1-5-20-13(4)15(10-17-20)12(3)18-16(21)19-14-8-6-7-11(2)9-14/h6-10,12H,5H2,1-4H3,(H2,18,19,21). The van der Waals surface area contributed by atoms with E-state index in [1.807, 2.05) is 23.0 Å². The Morgan fingerprint density at radius 3 is 2.76 bits per heavy atom. The van der Waals surface area contributed by atoms with Crippen molar-refractivity contribution in [3.05, 3.63) is 47.3 Å². The average molecular weight is 302 g/mol. The number of nitrogens with zero attached hydrogens (tertiary/aromatic N) is 2. The van der Waals surface area contributed by atoms with Crippen LogP contribution in [-0.2, 0) is 6.54 Å². The van der Waals surface area contributed by atoms with Crippen molar-refractivity contribution in [1.29, 1.82) is 0 Å². The highest BCUT2D eigenvalue weighted by atomic mass is 32.1. The lowest BCUT2D eigenvalue weighted by Crippen LogP contribution is -2.31. The van der Waals surface area contributed by atoms with Gasteiger partial charge in [-0.15, -0.1) is 0 Å². The molecule has 0 spiro atoms. The van der Waals surface area contributed by atoms with E-state index in [4.69, 9.17) is 12.2 Å². The Bertz CT molecular complexity index is 633. The van der Waals surface area contributed by atoms with Crippen LogP contribution >= 0.6 is 12.2 Å². The molecule has 0 saturated heterocycles. The van der Waals surface area contributed by atoms with Crippen LogP contribution in [0.2, 0.25) is 0 Å². The zero-order valence-corrected chi connectivity index (χ0v) is 13.8. The molecule has 2 rings (SSSR count). The Morgan fingerprint density at radius 1 is 1.38 bits per heavy atom. The summed E-state index contributed by atoms with van der Waals surface area (Å²) in [5.74, 6) is 0. The van der Waals surface area contributed by atoms with Crippen LogP contribution in [0.25, 0.3) is 0 Å². The summed E-state index contributed by atoms with van der Waals surface area (Å²) in [4.78, 5) is 0. The van der Waals surface area contributed by atoms with Gasteiger partial charge in [0.2, 0.25) is 0 Å². The highest BCUT2D eigenvalue weighted by Gasteiger charge is 2.13. The van der Waals surface area contributed by atoms with E-state index in [0.717, 1.165) is 12.2 Å².